The largest absolute Gasteiger partial charge is 0.550 e. The number of allylic oxidation sites excluding steroid dienone is 2. The zero-order chi connectivity index (χ0) is 19.2. The highest BCUT2D eigenvalue weighted by Crippen LogP contribution is 2.29. The topological polar surface area (TPSA) is 82.1 Å². The second-order valence-corrected chi connectivity index (χ2v) is 7.66. The lowest BCUT2D eigenvalue weighted by Crippen LogP contribution is -2.41. The van der Waals surface area contributed by atoms with Gasteiger partial charge in [0.25, 0.3) is 0 Å². The molecular weight excluding hydrogens is 360 g/mol. The predicted octanol–water partition coefficient (Wildman–Crippen LogP) is 3.42. The van der Waals surface area contributed by atoms with Gasteiger partial charge >= 0.3 is 0 Å². The van der Waals surface area contributed by atoms with Crippen LogP contribution in [0.3, 0.4) is 0 Å². The van der Waals surface area contributed by atoms with Gasteiger partial charge < -0.3 is 15.2 Å². The number of carbonyl (C=O) groups is 2. The van der Waals surface area contributed by atoms with Crippen LogP contribution in [0.2, 0.25) is 0 Å². The molecule has 5 nitrogen and oxygen atoms in total. The maximum Gasteiger partial charge on any atom is 0.230 e. The van der Waals surface area contributed by atoms with Crippen molar-refractivity contribution in [3.63, 3.8) is 0 Å². The van der Waals surface area contributed by atoms with Crippen molar-refractivity contribution in [2.24, 2.45) is 11.8 Å². The number of aryl methyl sites for hydroxylation is 1. The van der Waals surface area contributed by atoms with E-state index in [0.717, 1.165) is 17.7 Å². The number of carboxylic acid groups (broad SMARTS) is 1. The Balaban J connectivity index is 1.66. The first-order valence-electron chi connectivity index (χ1n) is 9.30. The van der Waals surface area contributed by atoms with E-state index in [2.05, 4.69) is 29.4 Å². The van der Waals surface area contributed by atoms with E-state index in [1.807, 2.05) is 23.6 Å². The van der Waals surface area contributed by atoms with Crippen molar-refractivity contribution in [2.75, 3.05) is 5.32 Å². The minimum atomic E-state index is -1.18. The highest BCUT2D eigenvalue weighted by molar-refractivity contribution is 7.14. The van der Waals surface area contributed by atoms with Gasteiger partial charge in [-0.1, -0.05) is 49.8 Å². The minimum Gasteiger partial charge on any atom is -0.550 e. The van der Waals surface area contributed by atoms with Crippen LogP contribution in [-0.2, 0) is 16.0 Å². The monoisotopic (exact) mass is 383 g/mol. The number of rotatable bonds is 7. The molecule has 0 saturated carbocycles. The van der Waals surface area contributed by atoms with Gasteiger partial charge in [0.15, 0.2) is 5.13 Å². The zero-order valence-corrected chi connectivity index (χ0v) is 16.1. The number of unbranched alkanes of at least 4 members (excludes halogenated alkanes) is 1. The average molecular weight is 383 g/mol. The number of benzene rings is 1. The quantitative estimate of drug-likeness (QED) is 0.743. The molecule has 27 heavy (non-hydrogen) atoms. The summed E-state index contributed by atoms with van der Waals surface area (Å²) in [5.74, 6) is -2.90. The molecule has 1 aliphatic carbocycles. The Morgan fingerprint density at radius 3 is 2.56 bits per heavy atom. The van der Waals surface area contributed by atoms with Gasteiger partial charge in [-0.05, 0) is 31.2 Å². The number of carbonyl (C=O) groups excluding carboxylic acids is 2. The van der Waals surface area contributed by atoms with Gasteiger partial charge in [0.2, 0.25) is 5.91 Å². The van der Waals surface area contributed by atoms with E-state index in [4.69, 9.17) is 0 Å². The Hall–Kier alpha value is -2.47. The van der Waals surface area contributed by atoms with E-state index in [9.17, 15) is 14.7 Å². The average Bonchev–Trinajstić information content (AvgIpc) is 3.15. The summed E-state index contributed by atoms with van der Waals surface area (Å²) < 4.78 is 0. The first-order valence-corrected chi connectivity index (χ1v) is 10.2. The normalized spacial score (nSPS) is 19.0. The molecule has 0 unspecified atom stereocenters. The third-order valence-electron chi connectivity index (χ3n) is 4.87. The van der Waals surface area contributed by atoms with Crippen LogP contribution < -0.4 is 10.4 Å². The summed E-state index contributed by atoms with van der Waals surface area (Å²) in [6.07, 6.45) is 7.79. The highest BCUT2D eigenvalue weighted by Gasteiger charge is 2.30. The van der Waals surface area contributed by atoms with E-state index in [-0.39, 0.29) is 5.91 Å². The summed E-state index contributed by atoms with van der Waals surface area (Å²) in [7, 11) is 0. The van der Waals surface area contributed by atoms with Crippen molar-refractivity contribution in [2.45, 2.75) is 39.0 Å². The molecule has 1 amide bonds. The molecule has 142 valence electrons. The van der Waals surface area contributed by atoms with Gasteiger partial charge in [0, 0.05) is 22.8 Å². The summed E-state index contributed by atoms with van der Waals surface area (Å²) in [5, 5.41) is 16.4. The van der Waals surface area contributed by atoms with Gasteiger partial charge in [-0.15, -0.1) is 11.3 Å². The van der Waals surface area contributed by atoms with Gasteiger partial charge in [0.1, 0.15) is 0 Å². The molecule has 3 rings (SSSR count). The Labute approximate surface area is 163 Å². The van der Waals surface area contributed by atoms with Crippen molar-refractivity contribution in [1.82, 2.24) is 4.98 Å². The molecule has 1 heterocycles. The Morgan fingerprint density at radius 2 is 1.89 bits per heavy atom. The molecule has 0 bridgehead atoms. The van der Waals surface area contributed by atoms with E-state index in [1.165, 1.54) is 29.7 Å². The standard InChI is InChI=1S/C21H24N2O3S/c1-2-3-6-14-9-11-15(12-10-14)18-13-27-21(22-18)23-19(24)16-7-4-5-8-17(16)20(25)26/h4-5,9-13,16-17H,2-3,6-8H2,1H3,(H,25,26)(H,22,23,24)/p-1/t16-,17+/m0/s1. The Morgan fingerprint density at radius 1 is 1.19 bits per heavy atom. The molecule has 0 saturated heterocycles. The fourth-order valence-electron chi connectivity index (χ4n) is 3.25. The predicted molar refractivity (Wildman–Crippen MR) is 105 cm³/mol. The van der Waals surface area contributed by atoms with E-state index in [0.29, 0.717) is 18.0 Å². The van der Waals surface area contributed by atoms with Crippen LogP contribution >= 0.6 is 11.3 Å². The molecule has 0 radical (unpaired) electrons. The number of aromatic nitrogens is 1. The second-order valence-electron chi connectivity index (χ2n) is 6.80. The number of amides is 1. The van der Waals surface area contributed by atoms with Gasteiger partial charge in [-0.3, -0.25) is 4.79 Å². The molecule has 0 aliphatic heterocycles. The maximum absolute atomic E-state index is 12.5. The Bertz CT molecular complexity index is 826. The van der Waals surface area contributed by atoms with Crippen molar-refractivity contribution >= 4 is 28.3 Å². The lowest BCUT2D eigenvalue weighted by atomic mass is 9.82. The van der Waals surface area contributed by atoms with Crippen molar-refractivity contribution in [1.29, 1.82) is 0 Å². The summed E-state index contributed by atoms with van der Waals surface area (Å²) in [4.78, 5) is 28.3. The number of carboxylic acids is 1. The molecule has 1 aromatic heterocycles. The van der Waals surface area contributed by atoms with Crippen LogP contribution in [0, 0.1) is 11.8 Å². The van der Waals surface area contributed by atoms with E-state index < -0.39 is 17.8 Å². The number of nitrogens with one attached hydrogen (secondary N) is 1. The Kier molecular flexibility index (Phi) is 6.40. The fraction of sp³-hybridized carbons (Fsp3) is 0.381. The molecule has 0 spiro atoms. The van der Waals surface area contributed by atoms with Crippen LogP contribution in [0.4, 0.5) is 5.13 Å². The maximum atomic E-state index is 12.5. The molecule has 1 aromatic carbocycles. The van der Waals surface area contributed by atoms with Gasteiger partial charge in [-0.25, -0.2) is 4.98 Å². The number of aliphatic carboxylic acids is 1. The summed E-state index contributed by atoms with van der Waals surface area (Å²) in [5.41, 5.74) is 3.11. The van der Waals surface area contributed by atoms with Gasteiger partial charge in [0.05, 0.1) is 11.6 Å². The molecule has 2 aromatic rings. The SMILES string of the molecule is CCCCc1ccc(-c2csc(NC(=O)[C@H]3CC=CC[C@H]3C(=O)[O-])n2)cc1. The summed E-state index contributed by atoms with van der Waals surface area (Å²) in [6.45, 7) is 2.18. The number of thiazole rings is 1. The van der Waals surface area contributed by atoms with E-state index in [1.54, 1.807) is 6.08 Å². The molecule has 2 atom stereocenters. The van der Waals surface area contributed by atoms with Crippen LogP contribution in [-0.4, -0.2) is 16.9 Å². The molecule has 0 fully saturated rings. The lowest BCUT2D eigenvalue weighted by Gasteiger charge is -2.27. The first-order chi connectivity index (χ1) is 13.1. The second kappa shape index (κ2) is 8.95. The molecule has 1 N–H and O–H groups in total. The van der Waals surface area contributed by atoms with Crippen LogP contribution in [0.5, 0.6) is 0 Å². The molecular formula is C21H23N2O3S-. The first kappa shape index (κ1) is 19.3. The molecule has 6 heteroatoms. The van der Waals surface area contributed by atoms with Crippen LogP contribution in [0.1, 0.15) is 38.2 Å². The number of hydrogen-bond donors (Lipinski definition) is 1. The van der Waals surface area contributed by atoms with E-state index >= 15 is 0 Å². The fourth-order valence-corrected chi connectivity index (χ4v) is 3.97. The number of anilines is 1. The highest BCUT2D eigenvalue weighted by atomic mass is 32.1. The smallest absolute Gasteiger partial charge is 0.230 e. The van der Waals surface area contributed by atoms with Crippen molar-refractivity contribution in [3.8, 4) is 11.3 Å². The molecule has 1 aliphatic rings. The summed E-state index contributed by atoms with van der Waals surface area (Å²) in [6, 6.07) is 8.32. The lowest BCUT2D eigenvalue weighted by molar-refractivity contribution is -0.313. The summed E-state index contributed by atoms with van der Waals surface area (Å²) >= 11 is 1.34. The third kappa shape index (κ3) is 4.83. The number of hydrogen-bond acceptors (Lipinski definition) is 5. The van der Waals surface area contributed by atoms with Crippen LogP contribution in [0.15, 0.2) is 41.8 Å². The van der Waals surface area contributed by atoms with Crippen LogP contribution in [0.25, 0.3) is 11.3 Å². The minimum absolute atomic E-state index is 0.315. The third-order valence-corrected chi connectivity index (χ3v) is 5.63. The van der Waals surface area contributed by atoms with Gasteiger partial charge in [-0.2, -0.15) is 0 Å². The van der Waals surface area contributed by atoms with Crippen molar-refractivity contribution in [3.05, 3.63) is 47.4 Å². The number of nitrogens with zero attached hydrogens (tertiary/aromatic N) is 1. The van der Waals surface area contributed by atoms with Crippen molar-refractivity contribution < 1.29 is 14.7 Å². The zero-order valence-electron chi connectivity index (χ0n) is 15.3.